The number of alkyl carbamates (subject to hydrolysis) is 1. The summed E-state index contributed by atoms with van der Waals surface area (Å²) < 4.78 is 24.9. The fourth-order valence-corrected chi connectivity index (χ4v) is 6.96. The van der Waals surface area contributed by atoms with Gasteiger partial charge in [0, 0.05) is 12.3 Å². The zero-order valence-electron chi connectivity index (χ0n) is 26.4. The van der Waals surface area contributed by atoms with Gasteiger partial charge in [-0.15, -0.1) is 0 Å². The molecule has 0 heterocycles. The number of carbonyl (C=O) groups excluding carboxylic acids is 3. The van der Waals surface area contributed by atoms with Crippen LogP contribution in [-0.4, -0.2) is 48.8 Å². The van der Waals surface area contributed by atoms with Crippen LogP contribution in [0.15, 0.2) is 60.7 Å². The Morgan fingerprint density at radius 2 is 1.33 bits per heavy atom. The standard InChI is InChI=1S/C34H51N2O6P/c1-5-7-15-21-43(40,22-16-8-6-2)42-26-32(37)30(24-28-17-11-9-12-18-28)35-33(38)31(23-27(3)4)36-34(39)41-25-29-19-13-10-14-20-29/h9-14,17-20,27,30-31H,5-8,15-16,21-26H2,1-4H3,(H,35,38)(H,36,39)/t30-,31-/m0/s1. The first-order chi connectivity index (χ1) is 20.7. The smallest absolute Gasteiger partial charge is 0.408 e. The van der Waals surface area contributed by atoms with Gasteiger partial charge in [-0.25, -0.2) is 4.79 Å². The van der Waals surface area contributed by atoms with Gasteiger partial charge < -0.3 is 19.9 Å². The lowest BCUT2D eigenvalue weighted by atomic mass is 10.00. The predicted molar refractivity (Wildman–Crippen MR) is 172 cm³/mol. The summed E-state index contributed by atoms with van der Waals surface area (Å²) in [7, 11) is -2.99. The highest BCUT2D eigenvalue weighted by Crippen LogP contribution is 2.48. The lowest BCUT2D eigenvalue weighted by molar-refractivity contribution is -0.130. The summed E-state index contributed by atoms with van der Waals surface area (Å²) in [6.45, 7) is 7.82. The van der Waals surface area contributed by atoms with Gasteiger partial charge in [0.1, 0.15) is 19.3 Å². The molecule has 0 fully saturated rings. The van der Waals surface area contributed by atoms with Crippen molar-refractivity contribution in [1.82, 2.24) is 10.6 Å². The third-order valence-corrected chi connectivity index (χ3v) is 9.76. The Balaban J connectivity index is 2.14. The summed E-state index contributed by atoms with van der Waals surface area (Å²) in [5.74, 6) is -0.735. The molecule has 9 heteroatoms. The number of hydrogen-bond donors (Lipinski definition) is 2. The van der Waals surface area contributed by atoms with E-state index in [-0.39, 0.29) is 31.3 Å². The van der Waals surface area contributed by atoms with Crippen LogP contribution < -0.4 is 10.6 Å². The topological polar surface area (TPSA) is 111 Å². The van der Waals surface area contributed by atoms with Crippen molar-refractivity contribution in [3.05, 3.63) is 71.8 Å². The van der Waals surface area contributed by atoms with Gasteiger partial charge in [-0.1, -0.05) is 114 Å². The van der Waals surface area contributed by atoms with Crippen molar-refractivity contribution in [3.8, 4) is 0 Å². The molecule has 2 amide bonds. The fourth-order valence-electron chi connectivity index (χ4n) is 4.71. The van der Waals surface area contributed by atoms with Crippen molar-refractivity contribution < 1.29 is 28.2 Å². The van der Waals surface area contributed by atoms with Crippen LogP contribution in [-0.2, 0) is 36.4 Å². The number of ketones is 1. The Labute approximate surface area is 258 Å². The molecule has 238 valence electrons. The molecule has 0 saturated heterocycles. The van der Waals surface area contributed by atoms with Crippen molar-refractivity contribution >= 4 is 25.2 Å². The highest BCUT2D eigenvalue weighted by atomic mass is 31.2. The van der Waals surface area contributed by atoms with Crippen LogP contribution >= 0.6 is 7.37 Å². The quantitative estimate of drug-likeness (QED) is 0.113. The van der Waals surface area contributed by atoms with E-state index < -0.39 is 31.5 Å². The normalized spacial score (nSPS) is 12.9. The minimum Gasteiger partial charge on any atom is -0.445 e. The molecule has 0 saturated carbocycles. The number of unbranched alkanes of at least 4 members (excludes halogenated alkanes) is 4. The second kappa shape index (κ2) is 20.1. The van der Waals surface area contributed by atoms with Crippen LogP contribution in [0.25, 0.3) is 0 Å². The second-order valence-corrected chi connectivity index (χ2v) is 14.3. The second-order valence-electron chi connectivity index (χ2n) is 11.6. The zero-order chi connectivity index (χ0) is 31.5. The number of nitrogens with one attached hydrogen (secondary N) is 2. The van der Waals surface area contributed by atoms with E-state index >= 15 is 0 Å². The van der Waals surface area contributed by atoms with Gasteiger partial charge >= 0.3 is 6.09 Å². The summed E-state index contributed by atoms with van der Waals surface area (Å²) in [5.41, 5.74) is 1.70. The fraction of sp³-hybridized carbons (Fsp3) is 0.559. The molecule has 0 aliphatic heterocycles. The summed E-state index contributed by atoms with van der Waals surface area (Å²) in [4.78, 5) is 39.7. The molecular formula is C34H51N2O6P. The van der Waals surface area contributed by atoms with E-state index in [1.807, 2.05) is 74.5 Å². The molecule has 2 aromatic carbocycles. The Morgan fingerprint density at radius 3 is 1.86 bits per heavy atom. The lowest BCUT2D eigenvalue weighted by Gasteiger charge is -2.25. The maximum atomic E-state index is 13.7. The number of amides is 2. The van der Waals surface area contributed by atoms with Gasteiger partial charge in [0.25, 0.3) is 0 Å². The van der Waals surface area contributed by atoms with E-state index in [9.17, 15) is 18.9 Å². The number of rotatable bonds is 21. The van der Waals surface area contributed by atoms with Crippen molar-refractivity contribution in [3.63, 3.8) is 0 Å². The van der Waals surface area contributed by atoms with Crippen LogP contribution in [0.2, 0.25) is 0 Å². The van der Waals surface area contributed by atoms with Gasteiger partial charge in [0.2, 0.25) is 13.3 Å². The number of ether oxygens (including phenoxy) is 1. The predicted octanol–water partition coefficient (Wildman–Crippen LogP) is 7.30. The molecule has 8 nitrogen and oxygen atoms in total. The SMILES string of the molecule is CCCCCP(=O)(CCCCC)OCC(=O)[C@H](Cc1ccccc1)NC(=O)[C@H](CC(C)C)NC(=O)OCc1ccccc1. The first-order valence-corrected chi connectivity index (χ1v) is 17.7. The van der Waals surface area contributed by atoms with E-state index in [1.54, 1.807) is 0 Å². The summed E-state index contributed by atoms with van der Waals surface area (Å²) >= 11 is 0. The molecule has 43 heavy (non-hydrogen) atoms. The average Bonchev–Trinajstić information content (AvgIpc) is 2.99. The Kier molecular flexibility index (Phi) is 16.9. The molecule has 2 atom stereocenters. The van der Waals surface area contributed by atoms with E-state index in [0.29, 0.717) is 18.7 Å². The molecule has 0 unspecified atom stereocenters. The van der Waals surface area contributed by atoms with Gasteiger partial charge in [-0.05, 0) is 42.7 Å². The highest BCUT2D eigenvalue weighted by Gasteiger charge is 2.30. The van der Waals surface area contributed by atoms with Gasteiger partial charge in [-0.3, -0.25) is 14.2 Å². The number of Topliss-reactive ketones (excluding diaryl/α,β-unsaturated/α-hetero) is 1. The minimum absolute atomic E-state index is 0.0751. The van der Waals surface area contributed by atoms with Crippen LogP contribution in [0.5, 0.6) is 0 Å². The van der Waals surface area contributed by atoms with E-state index in [2.05, 4.69) is 24.5 Å². The zero-order valence-corrected chi connectivity index (χ0v) is 27.3. The number of carbonyl (C=O) groups is 3. The molecule has 0 aliphatic rings. The molecule has 0 aliphatic carbocycles. The van der Waals surface area contributed by atoms with Crippen molar-refractivity contribution in [2.75, 3.05) is 18.9 Å². The maximum Gasteiger partial charge on any atom is 0.408 e. The highest BCUT2D eigenvalue weighted by molar-refractivity contribution is 7.59. The summed E-state index contributed by atoms with van der Waals surface area (Å²) in [6, 6.07) is 16.9. The third kappa shape index (κ3) is 14.9. The van der Waals surface area contributed by atoms with E-state index in [0.717, 1.165) is 49.7 Å². The molecule has 2 aromatic rings. The Hall–Kier alpha value is -2.96. The maximum absolute atomic E-state index is 13.7. The van der Waals surface area contributed by atoms with Crippen molar-refractivity contribution in [1.29, 1.82) is 0 Å². The molecule has 0 radical (unpaired) electrons. The van der Waals surface area contributed by atoms with Crippen LogP contribution in [0.4, 0.5) is 4.79 Å². The van der Waals surface area contributed by atoms with Crippen molar-refractivity contribution in [2.45, 2.75) is 97.8 Å². The Morgan fingerprint density at radius 1 is 0.767 bits per heavy atom. The van der Waals surface area contributed by atoms with Crippen LogP contribution in [0, 0.1) is 5.92 Å². The monoisotopic (exact) mass is 614 g/mol. The molecule has 2 rings (SSSR count). The van der Waals surface area contributed by atoms with Gasteiger partial charge in [0.05, 0.1) is 6.04 Å². The molecule has 0 bridgehead atoms. The summed E-state index contributed by atoms with van der Waals surface area (Å²) in [5, 5.41) is 5.54. The van der Waals surface area contributed by atoms with E-state index in [1.165, 1.54) is 0 Å². The first-order valence-electron chi connectivity index (χ1n) is 15.7. The Bertz CT molecular complexity index is 1130. The summed E-state index contributed by atoms with van der Waals surface area (Å²) in [6.07, 6.45) is 6.32. The third-order valence-electron chi connectivity index (χ3n) is 7.16. The van der Waals surface area contributed by atoms with Crippen LogP contribution in [0.3, 0.4) is 0 Å². The average molecular weight is 615 g/mol. The van der Waals surface area contributed by atoms with Crippen LogP contribution in [0.1, 0.15) is 83.8 Å². The van der Waals surface area contributed by atoms with Crippen molar-refractivity contribution in [2.24, 2.45) is 5.92 Å². The largest absolute Gasteiger partial charge is 0.445 e. The molecule has 2 N–H and O–H groups in total. The number of hydrogen-bond acceptors (Lipinski definition) is 6. The minimum atomic E-state index is -2.99. The molecule has 0 spiro atoms. The first kappa shape index (κ1) is 36.2. The van der Waals surface area contributed by atoms with Gasteiger partial charge in [0.15, 0.2) is 5.78 Å². The molecular weight excluding hydrogens is 563 g/mol. The lowest BCUT2D eigenvalue weighted by Crippen LogP contribution is -2.53. The molecule has 0 aromatic heterocycles. The van der Waals surface area contributed by atoms with E-state index in [4.69, 9.17) is 9.26 Å². The van der Waals surface area contributed by atoms with Gasteiger partial charge in [-0.2, -0.15) is 0 Å². The number of benzene rings is 2.